The number of hydrogen-bond donors (Lipinski definition) is 3. The lowest BCUT2D eigenvalue weighted by Gasteiger charge is -2.24. The van der Waals surface area contributed by atoms with Gasteiger partial charge < -0.3 is 16.4 Å². The summed E-state index contributed by atoms with van der Waals surface area (Å²) in [5, 5.41) is 7.89. The van der Waals surface area contributed by atoms with Crippen molar-refractivity contribution in [2.45, 2.75) is 24.2 Å². The second-order valence-corrected chi connectivity index (χ2v) is 8.54. The van der Waals surface area contributed by atoms with Crippen LogP contribution in [0.25, 0.3) is 0 Å². The molecule has 0 aliphatic rings. The lowest BCUT2D eigenvalue weighted by atomic mass is 10.2. The highest BCUT2D eigenvalue weighted by molar-refractivity contribution is 8.01. The van der Waals surface area contributed by atoms with E-state index in [1.54, 1.807) is 0 Å². The quantitative estimate of drug-likeness (QED) is 0.435. The molecule has 0 bridgehead atoms. The van der Waals surface area contributed by atoms with E-state index in [4.69, 9.17) is 11.5 Å². The Morgan fingerprint density at radius 1 is 1.23 bits per heavy atom. The number of hydrogen-bond acceptors (Lipinski definition) is 9. The smallest absolute Gasteiger partial charge is 0.330 e. The van der Waals surface area contributed by atoms with E-state index in [-0.39, 0.29) is 36.3 Å². The maximum absolute atomic E-state index is 12.9. The molecule has 2 aromatic heterocycles. The first-order valence-electron chi connectivity index (χ1n) is 9.09. The van der Waals surface area contributed by atoms with Crippen molar-refractivity contribution in [3.63, 3.8) is 0 Å². The summed E-state index contributed by atoms with van der Waals surface area (Å²) in [7, 11) is 0. The summed E-state index contributed by atoms with van der Waals surface area (Å²) >= 11 is 2.34. The Bertz CT molecular complexity index is 1140. The summed E-state index contributed by atoms with van der Waals surface area (Å²) in [5.41, 5.74) is 11.2. The number of aromatic nitrogens is 4. The molecule has 0 saturated carbocycles. The summed E-state index contributed by atoms with van der Waals surface area (Å²) < 4.78 is 1.80. The van der Waals surface area contributed by atoms with E-state index in [1.165, 1.54) is 32.6 Å². The fourth-order valence-electron chi connectivity index (χ4n) is 2.83. The first kappa shape index (κ1) is 21.6. The van der Waals surface area contributed by atoms with Gasteiger partial charge in [0, 0.05) is 6.54 Å². The van der Waals surface area contributed by atoms with Crippen LogP contribution in [0.3, 0.4) is 0 Å². The Kier molecular flexibility index (Phi) is 6.90. The molecular weight excluding hydrogens is 426 g/mol. The molecule has 0 radical (unpaired) electrons. The van der Waals surface area contributed by atoms with Crippen LogP contribution in [-0.4, -0.2) is 38.0 Å². The number of thioether (sulfide) groups is 1. The van der Waals surface area contributed by atoms with Gasteiger partial charge in [-0.1, -0.05) is 60.4 Å². The van der Waals surface area contributed by atoms with Crippen LogP contribution in [0.15, 0.2) is 44.3 Å². The van der Waals surface area contributed by atoms with Crippen molar-refractivity contribution in [1.29, 1.82) is 0 Å². The van der Waals surface area contributed by atoms with Crippen LogP contribution < -0.4 is 27.6 Å². The van der Waals surface area contributed by atoms with Gasteiger partial charge in [-0.15, -0.1) is 10.2 Å². The monoisotopic (exact) mass is 447 g/mol. The number of amides is 1. The van der Waals surface area contributed by atoms with Gasteiger partial charge in [-0.05, 0) is 12.0 Å². The van der Waals surface area contributed by atoms with Crippen LogP contribution in [-0.2, 0) is 11.3 Å². The zero-order valence-electron chi connectivity index (χ0n) is 16.2. The molecule has 3 aromatic rings. The first-order chi connectivity index (χ1) is 14.4. The third-order valence-corrected chi connectivity index (χ3v) is 6.03. The molecule has 2 heterocycles. The van der Waals surface area contributed by atoms with Gasteiger partial charge >= 0.3 is 5.69 Å². The Hall–Kier alpha value is -3.12. The standard InChI is InChI=1S/C18H21N7O3S2/c1-2-8-24(12(26)10-29-18-23-22-16(20)30-18)13-14(19)25(17(28)21-15(13)27)9-11-6-4-3-5-7-11/h3-7H,2,8-10,19H2,1H3,(H2,20,22)(H,21,27,28). The Morgan fingerprint density at radius 2 is 1.97 bits per heavy atom. The topological polar surface area (TPSA) is 153 Å². The molecule has 1 amide bonds. The van der Waals surface area contributed by atoms with Crippen molar-refractivity contribution in [3.05, 3.63) is 56.7 Å². The van der Waals surface area contributed by atoms with Crippen LogP contribution in [0.1, 0.15) is 18.9 Å². The lowest BCUT2D eigenvalue weighted by Crippen LogP contribution is -2.42. The number of benzene rings is 1. The maximum atomic E-state index is 12.9. The van der Waals surface area contributed by atoms with Crippen molar-refractivity contribution < 1.29 is 4.79 Å². The fourth-order valence-corrected chi connectivity index (χ4v) is 4.34. The molecule has 10 nitrogen and oxygen atoms in total. The average molecular weight is 448 g/mol. The summed E-state index contributed by atoms with van der Waals surface area (Å²) in [4.78, 5) is 41.4. The molecule has 30 heavy (non-hydrogen) atoms. The first-order valence-corrected chi connectivity index (χ1v) is 10.9. The lowest BCUT2D eigenvalue weighted by molar-refractivity contribution is -0.116. The zero-order valence-corrected chi connectivity index (χ0v) is 17.8. The number of nitrogen functional groups attached to an aromatic ring is 2. The van der Waals surface area contributed by atoms with Gasteiger partial charge in [0.25, 0.3) is 5.56 Å². The van der Waals surface area contributed by atoms with Gasteiger partial charge in [0.2, 0.25) is 11.0 Å². The minimum Gasteiger partial charge on any atom is -0.383 e. The maximum Gasteiger partial charge on any atom is 0.330 e. The number of carbonyl (C=O) groups is 1. The van der Waals surface area contributed by atoms with E-state index in [0.29, 0.717) is 15.9 Å². The number of nitrogens with one attached hydrogen (secondary N) is 1. The van der Waals surface area contributed by atoms with E-state index in [2.05, 4.69) is 15.2 Å². The molecule has 5 N–H and O–H groups in total. The van der Waals surface area contributed by atoms with Crippen LogP contribution in [0.2, 0.25) is 0 Å². The van der Waals surface area contributed by atoms with Crippen LogP contribution in [0.4, 0.5) is 16.6 Å². The van der Waals surface area contributed by atoms with E-state index < -0.39 is 11.2 Å². The normalized spacial score (nSPS) is 10.8. The number of H-pyrrole nitrogens is 1. The minimum atomic E-state index is -0.700. The molecule has 1 aromatic carbocycles. The highest BCUT2D eigenvalue weighted by Crippen LogP contribution is 2.25. The number of aromatic amines is 1. The number of nitrogens with zero attached hydrogens (tertiary/aromatic N) is 4. The van der Waals surface area contributed by atoms with Crippen molar-refractivity contribution in [2.75, 3.05) is 28.7 Å². The molecule has 3 rings (SSSR count). The number of carbonyl (C=O) groups excluding carboxylic acids is 1. The molecule has 0 unspecified atom stereocenters. The Labute approximate surface area is 179 Å². The minimum absolute atomic E-state index is 0.0192. The van der Waals surface area contributed by atoms with Crippen LogP contribution in [0.5, 0.6) is 0 Å². The average Bonchev–Trinajstić information content (AvgIpc) is 3.14. The predicted molar refractivity (Wildman–Crippen MR) is 119 cm³/mol. The highest BCUT2D eigenvalue weighted by Gasteiger charge is 2.24. The van der Waals surface area contributed by atoms with Gasteiger partial charge in [-0.2, -0.15) is 0 Å². The van der Waals surface area contributed by atoms with E-state index in [9.17, 15) is 14.4 Å². The summed E-state index contributed by atoms with van der Waals surface area (Å²) in [5.74, 6) is -0.372. The van der Waals surface area contributed by atoms with Gasteiger partial charge in [0.15, 0.2) is 10.0 Å². The number of nitrogens with two attached hydrogens (primary N) is 2. The van der Waals surface area contributed by atoms with Gasteiger partial charge in [0.1, 0.15) is 5.82 Å². The molecule has 0 aliphatic carbocycles. The van der Waals surface area contributed by atoms with Crippen LogP contribution >= 0.6 is 23.1 Å². The SMILES string of the molecule is CCCN(C(=O)CSc1nnc(N)s1)c1c(N)n(Cc2ccccc2)c(=O)[nH]c1=O. The van der Waals surface area contributed by atoms with E-state index in [0.717, 1.165) is 5.56 Å². The van der Waals surface area contributed by atoms with Gasteiger partial charge in [-0.25, -0.2) is 4.79 Å². The third-order valence-electron chi connectivity index (χ3n) is 4.16. The molecule has 0 atom stereocenters. The summed E-state index contributed by atoms with van der Waals surface area (Å²) in [6.45, 7) is 2.32. The number of rotatable bonds is 8. The second-order valence-electron chi connectivity index (χ2n) is 6.31. The highest BCUT2D eigenvalue weighted by atomic mass is 32.2. The zero-order chi connectivity index (χ0) is 21.7. The Balaban J connectivity index is 1.93. The second kappa shape index (κ2) is 9.59. The third kappa shape index (κ3) is 4.89. The van der Waals surface area contributed by atoms with Crippen molar-refractivity contribution in [3.8, 4) is 0 Å². The van der Waals surface area contributed by atoms with E-state index >= 15 is 0 Å². The van der Waals surface area contributed by atoms with Gasteiger partial charge in [0.05, 0.1) is 12.3 Å². The molecule has 0 spiro atoms. The number of anilines is 3. The molecule has 0 saturated heterocycles. The molecule has 0 fully saturated rings. The molecule has 12 heteroatoms. The van der Waals surface area contributed by atoms with Crippen molar-refractivity contribution in [1.82, 2.24) is 19.7 Å². The van der Waals surface area contributed by atoms with E-state index in [1.807, 2.05) is 37.3 Å². The van der Waals surface area contributed by atoms with Gasteiger partial charge in [-0.3, -0.25) is 19.1 Å². The molecular formula is C18H21N7O3S2. The predicted octanol–water partition coefficient (Wildman–Crippen LogP) is 1.14. The van der Waals surface area contributed by atoms with Crippen LogP contribution in [0, 0.1) is 0 Å². The fraction of sp³-hybridized carbons (Fsp3) is 0.278. The molecule has 158 valence electrons. The summed E-state index contributed by atoms with van der Waals surface area (Å²) in [6, 6.07) is 9.23. The largest absolute Gasteiger partial charge is 0.383 e. The Morgan fingerprint density at radius 3 is 2.60 bits per heavy atom. The molecule has 0 aliphatic heterocycles. The van der Waals surface area contributed by atoms with Crippen molar-refractivity contribution in [2.24, 2.45) is 0 Å². The summed E-state index contributed by atoms with van der Waals surface area (Å²) in [6.07, 6.45) is 0.596. The van der Waals surface area contributed by atoms with Crippen molar-refractivity contribution >= 4 is 45.6 Å².